The van der Waals surface area contributed by atoms with Gasteiger partial charge in [0.15, 0.2) is 17.5 Å². The highest BCUT2D eigenvalue weighted by Crippen LogP contribution is 2.39. The van der Waals surface area contributed by atoms with E-state index in [0.29, 0.717) is 31.7 Å². The Morgan fingerprint density at radius 3 is 2.42 bits per heavy atom. The van der Waals surface area contributed by atoms with E-state index in [4.69, 9.17) is 0 Å². The molecule has 1 saturated carbocycles. The van der Waals surface area contributed by atoms with Gasteiger partial charge >= 0.3 is 0 Å². The molecular formula is C14H18F3NO. The van der Waals surface area contributed by atoms with Crippen LogP contribution in [-0.2, 0) is 5.60 Å². The molecule has 0 heterocycles. The summed E-state index contributed by atoms with van der Waals surface area (Å²) in [4.78, 5) is 0. The van der Waals surface area contributed by atoms with Gasteiger partial charge in [-0.1, -0.05) is 13.0 Å². The summed E-state index contributed by atoms with van der Waals surface area (Å²) in [6, 6.07) is 2.29. The van der Waals surface area contributed by atoms with Crippen LogP contribution >= 0.6 is 0 Å². The van der Waals surface area contributed by atoms with Crippen molar-refractivity contribution in [3.8, 4) is 0 Å². The largest absolute Gasteiger partial charge is 0.385 e. The van der Waals surface area contributed by atoms with Gasteiger partial charge in [-0.05, 0) is 38.3 Å². The van der Waals surface area contributed by atoms with E-state index in [1.54, 1.807) is 0 Å². The molecule has 106 valence electrons. The zero-order chi connectivity index (χ0) is 14.0. The highest BCUT2D eigenvalue weighted by molar-refractivity contribution is 5.27. The number of nitrogens with one attached hydrogen (secondary N) is 1. The Hall–Kier alpha value is -1.07. The van der Waals surface area contributed by atoms with E-state index >= 15 is 0 Å². The van der Waals surface area contributed by atoms with Crippen LogP contribution in [-0.4, -0.2) is 17.7 Å². The lowest BCUT2D eigenvalue weighted by molar-refractivity contribution is -0.0118. The summed E-state index contributed by atoms with van der Waals surface area (Å²) in [5.74, 6) is -4.02. The minimum atomic E-state index is -1.51. The maximum Gasteiger partial charge on any atom is 0.194 e. The predicted molar refractivity (Wildman–Crippen MR) is 66.1 cm³/mol. The van der Waals surface area contributed by atoms with Gasteiger partial charge < -0.3 is 10.4 Å². The van der Waals surface area contributed by atoms with Crippen molar-refractivity contribution in [2.45, 2.75) is 44.2 Å². The Bertz CT molecular complexity index is 456. The number of halogens is 3. The SMILES string of the molecule is CCNC1CCC(O)(c2ccc(F)c(F)c2F)CC1. The topological polar surface area (TPSA) is 32.3 Å². The fourth-order valence-corrected chi connectivity index (χ4v) is 2.74. The summed E-state index contributed by atoms with van der Waals surface area (Å²) >= 11 is 0. The summed E-state index contributed by atoms with van der Waals surface area (Å²) in [5.41, 5.74) is -1.54. The molecule has 0 aliphatic heterocycles. The van der Waals surface area contributed by atoms with Gasteiger partial charge in [0, 0.05) is 11.6 Å². The van der Waals surface area contributed by atoms with Crippen molar-refractivity contribution < 1.29 is 18.3 Å². The van der Waals surface area contributed by atoms with Gasteiger partial charge in [0.05, 0.1) is 5.60 Å². The molecule has 0 atom stereocenters. The second kappa shape index (κ2) is 5.51. The zero-order valence-electron chi connectivity index (χ0n) is 10.8. The molecule has 1 fully saturated rings. The van der Waals surface area contributed by atoms with Gasteiger partial charge in [-0.15, -0.1) is 0 Å². The first-order chi connectivity index (χ1) is 8.98. The lowest BCUT2D eigenvalue weighted by Gasteiger charge is -2.36. The Kier molecular flexibility index (Phi) is 4.16. The zero-order valence-corrected chi connectivity index (χ0v) is 10.8. The van der Waals surface area contributed by atoms with Crippen molar-refractivity contribution in [2.24, 2.45) is 0 Å². The van der Waals surface area contributed by atoms with Crippen molar-refractivity contribution >= 4 is 0 Å². The Morgan fingerprint density at radius 2 is 1.84 bits per heavy atom. The first kappa shape index (κ1) is 14.3. The molecule has 19 heavy (non-hydrogen) atoms. The molecule has 0 radical (unpaired) electrons. The summed E-state index contributed by atoms with van der Waals surface area (Å²) in [7, 11) is 0. The van der Waals surface area contributed by atoms with Crippen molar-refractivity contribution in [3.05, 3.63) is 35.1 Å². The molecule has 1 aliphatic rings. The number of hydrogen-bond acceptors (Lipinski definition) is 2. The summed E-state index contributed by atoms with van der Waals surface area (Å²) in [6.45, 7) is 2.83. The molecule has 2 rings (SSSR count). The quantitative estimate of drug-likeness (QED) is 0.830. The maximum absolute atomic E-state index is 13.7. The third-order valence-electron chi connectivity index (χ3n) is 3.84. The van der Waals surface area contributed by atoms with Crippen LogP contribution in [0.15, 0.2) is 12.1 Å². The molecule has 1 aromatic carbocycles. The van der Waals surface area contributed by atoms with E-state index in [1.807, 2.05) is 6.92 Å². The number of rotatable bonds is 3. The summed E-state index contributed by atoms with van der Waals surface area (Å²) < 4.78 is 39.9. The molecule has 2 N–H and O–H groups in total. The van der Waals surface area contributed by atoms with Crippen LogP contribution in [0.2, 0.25) is 0 Å². The Balaban J connectivity index is 2.20. The average molecular weight is 273 g/mol. The van der Waals surface area contributed by atoms with E-state index in [2.05, 4.69) is 5.32 Å². The third kappa shape index (κ3) is 2.77. The molecule has 2 nitrogen and oxygen atoms in total. The molecule has 1 aliphatic carbocycles. The van der Waals surface area contributed by atoms with Crippen molar-refractivity contribution in [1.29, 1.82) is 0 Å². The van der Waals surface area contributed by atoms with Gasteiger partial charge in [0.1, 0.15) is 0 Å². The maximum atomic E-state index is 13.7. The average Bonchev–Trinajstić information content (AvgIpc) is 2.39. The van der Waals surface area contributed by atoms with E-state index in [-0.39, 0.29) is 5.56 Å². The molecule has 5 heteroatoms. The second-order valence-electron chi connectivity index (χ2n) is 5.09. The van der Waals surface area contributed by atoms with Crippen LogP contribution in [0.4, 0.5) is 13.2 Å². The van der Waals surface area contributed by atoms with Gasteiger partial charge in [-0.3, -0.25) is 0 Å². The minimum Gasteiger partial charge on any atom is -0.385 e. The molecule has 1 aromatic rings. The lowest BCUT2D eigenvalue weighted by atomic mass is 9.77. The molecule has 0 unspecified atom stereocenters. The van der Waals surface area contributed by atoms with E-state index < -0.39 is 23.1 Å². The van der Waals surface area contributed by atoms with Gasteiger partial charge in [0.2, 0.25) is 0 Å². The van der Waals surface area contributed by atoms with Crippen molar-refractivity contribution in [2.75, 3.05) is 6.54 Å². The third-order valence-corrected chi connectivity index (χ3v) is 3.84. The Morgan fingerprint density at radius 1 is 1.21 bits per heavy atom. The van der Waals surface area contributed by atoms with Crippen molar-refractivity contribution in [3.63, 3.8) is 0 Å². The van der Waals surface area contributed by atoms with Gasteiger partial charge in [-0.2, -0.15) is 0 Å². The lowest BCUT2D eigenvalue weighted by Crippen LogP contribution is -2.40. The second-order valence-corrected chi connectivity index (χ2v) is 5.09. The number of hydrogen-bond donors (Lipinski definition) is 2. The highest BCUT2D eigenvalue weighted by Gasteiger charge is 2.37. The molecule has 0 spiro atoms. The van der Waals surface area contributed by atoms with E-state index in [1.165, 1.54) is 0 Å². The smallest absolute Gasteiger partial charge is 0.194 e. The molecular weight excluding hydrogens is 255 g/mol. The fraction of sp³-hybridized carbons (Fsp3) is 0.571. The van der Waals surface area contributed by atoms with Crippen LogP contribution in [0.5, 0.6) is 0 Å². The van der Waals surface area contributed by atoms with Crippen LogP contribution in [0.1, 0.15) is 38.2 Å². The standard InChI is InChI=1S/C14H18F3NO/c1-2-18-9-5-7-14(19,8-6-9)10-3-4-11(15)13(17)12(10)16/h3-4,9,18-19H,2,5-8H2,1H3. The fourth-order valence-electron chi connectivity index (χ4n) is 2.74. The van der Waals surface area contributed by atoms with Crippen molar-refractivity contribution in [1.82, 2.24) is 5.32 Å². The van der Waals surface area contributed by atoms with Crippen LogP contribution < -0.4 is 5.32 Å². The molecule has 0 saturated heterocycles. The first-order valence-electron chi connectivity index (χ1n) is 6.57. The van der Waals surface area contributed by atoms with Gasteiger partial charge in [0.25, 0.3) is 0 Å². The molecule has 0 aromatic heterocycles. The minimum absolute atomic E-state index is 0.138. The monoisotopic (exact) mass is 273 g/mol. The van der Waals surface area contributed by atoms with Crippen LogP contribution in [0.3, 0.4) is 0 Å². The number of benzene rings is 1. The van der Waals surface area contributed by atoms with Crippen LogP contribution in [0.25, 0.3) is 0 Å². The normalized spacial score (nSPS) is 27.5. The van der Waals surface area contributed by atoms with Crippen LogP contribution in [0, 0.1) is 17.5 Å². The Labute approximate surface area is 110 Å². The predicted octanol–water partition coefficient (Wildman–Crippen LogP) is 2.84. The first-order valence-corrected chi connectivity index (χ1v) is 6.57. The highest BCUT2D eigenvalue weighted by atomic mass is 19.2. The van der Waals surface area contributed by atoms with Gasteiger partial charge in [-0.25, -0.2) is 13.2 Å². The number of aliphatic hydroxyl groups is 1. The molecule has 0 amide bonds. The summed E-state index contributed by atoms with van der Waals surface area (Å²) in [5, 5.41) is 13.7. The summed E-state index contributed by atoms with van der Waals surface area (Å²) in [6.07, 6.45) is 2.05. The van der Waals surface area contributed by atoms with E-state index in [9.17, 15) is 18.3 Å². The van der Waals surface area contributed by atoms with E-state index in [0.717, 1.165) is 18.7 Å². The molecule has 0 bridgehead atoms.